The van der Waals surface area contributed by atoms with Gasteiger partial charge in [-0.05, 0) is 39.7 Å². The lowest BCUT2D eigenvalue weighted by atomic mass is 10.1. The van der Waals surface area contributed by atoms with E-state index >= 15 is 0 Å². The Morgan fingerprint density at radius 2 is 1.83 bits per heavy atom. The van der Waals surface area contributed by atoms with E-state index in [1.54, 1.807) is 0 Å². The van der Waals surface area contributed by atoms with Gasteiger partial charge >= 0.3 is 0 Å². The van der Waals surface area contributed by atoms with Crippen molar-refractivity contribution in [3.05, 3.63) is 35.9 Å². The van der Waals surface area contributed by atoms with Gasteiger partial charge in [-0.15, -0.1) is 0 Å². The van der Waals surface area contributed by atoms with E-state index in [9.17, 15) is 0 Å². The molecule has 1 aromatic rings. The smallest absolute Gasteiger partial charge is 0.0229 e. The summed E-state index contributed by atoms with van der Waals surface area (Å²) in [6.07, 6.45) is 1.26. The fourth-order valence-electron chi connectivity index (χ4n) is 2.52. The Morgan fingerprint density at radius 1 is 1.17 bits per heavy atom. The monoisotopic (exact) mass is 246 g/mol. The highest BCUT2D eigenvalue weighted by Crippen LogP contribution is 2.50. The van der Waals surface area contributed by atoms with Crippen LogP contribution in [0, 0.1) is 0 Å². The molecule has 0 amide bonds. The van der Waals surface area contributed by atoms with Gasteiger partial charge in [0.1, 0.15) is 0 Å². The van der Waals surface area contributed by atoms with E-state index in [-0.39, 0.29) is 5.54 Å². The first-order valence-corrected chi connectivity index (χ1v) is 6.96. The van der Waals surface area contributed by atoms with Crippen LogP contribution < -0.4 is 10.6 Å². The van der Waals surface area contributed by atoms with Crippen LogP contribution >= 0.6 is 0 Å². The predicted octanol–water partition coefficient (Wildman–Crippen LogP) is 2.91. The van der Waals surface area contributed by atoms with E-state index in [4.69, 9.17) is 0 Å². The maximum absolute atomic E-state index is 3.69. The molecular weight excluding hydrogens is 220 g/mol. The summed E-state index contributed by atoms with van der Waals surface area (Å²) in [7, 11) is 0. The van der Waals surface area contributed by atoms with Crippen LogP contribution in [0.15, 0.2) is 30.3 Å². The average Bonchev–Trinajstić information content (AvgIpc) is 2.98. The number of benzene rings is 1. The first kappa shape index (κ1) is 13.6. The molecule has 2 nitrogen and oxygen atoms in total. The van der Waals surface area contributed by atoms with Crippen LogP contribution in [0.2, 0.25) is 0 Å². The zero-order valence-electron chi connectivity index (χ0n) is 12.1. The molecule has 0 aliphatic heterocycles. The van der Waals surface area contributed by atoms with Gasteiger partial charge in [-0.1, -0.05) is 30.3 Å². The maximum Gasteiger partial charge on any atom is 0.0229 e. The first-order chi connectivity index (χ1) is 8.41. The highest BCUT2D eigenvalue weighted by atomic mass is 15.1. The number of nitrogens with one attached hydrogen (secondary N) is 2. The van der Waals surface area contributed by atoms with Crippen molar-refractivity contribution < 1.29 is 0 Å². The Hall–Kier alpha value is -0.860. The molecule has 0 heterocycles. The Bertz CT molecular complexity index is 380. The second-order valence-electron chi connectivity index (χ2n) is 6.69. The summed E-state index contributed by atoms with van der Waals surface area (Å²) in [5.74, 6) is 0.688. The minimum Gasteiger partial charge on any atom is -0.311 e. The van der Waals surface area contributed by atoms with Gasteiger partial charge in [0.2, 0.25) is 0 Å². The lowest BCUT2D eigenvalue weighted by Gasteiger charge is -2.22. The van der Waals surface area contributed by atoms with Crippen LogP contribution in [-0.2, 0) is 0 Å². The molecular formula is C16H26N2. The molecule has 0 aromatic heterocycles. The summed E-state index contributed by atoms with van der Waals surface area (Å²) in [6.45, 7) is 11.0. The van der Waals surface area contributed by atoms with Crippen LogP contribution in [0.4, 0.5) is 0 Å². The van der Waals surface area contributed by atoms with E-state index in [1.165, 1.54) is 12.0 Å². The number of rotatable bonds is 5. The van der Waals surface area contributed by atoms with Gasteiger partial charge in [0, 0.05) is 30.1 Å². The lowest BCUT2D eigenvalue weighted by Crippen LogP contribution is -2.42. The molecule has 2 N–H and O–H groups in total. The van der Waals surface area contributed by atoms with Gasteiger partial charge in [0.15, 0.2) is 0 Å². The van der Waals surface area contributed by atoms with Crippen molar-refractivity contribution in [1.82, 2.24) is 10.6 Å². The van der Waals surface area contributed by atoms with Crippen molar-refractivity contribution in [3.63, 3.8) is 0 Å². The highest BCUT2D eigenvalue weighted by Gasteiger charge is 2.50. The third kappa shape index (κ3) is 3.56. The Balaban J connectivity index is 1.75. The van der Waals surface area contributed by atoms with Gasteiger partial charge in [-0.3, -0.25) is 0 Å². The molecule has 0 radical (unpaired) electrons. The van der Waals surface area contributed by atoms with Crippen LogP contribution in [-0.4, -0.2) is 24.2 Å². The summed E-state index contributed by atoms with van der Waals surface area (Å²) >= 11 is 0. The van der Waals surface area contributed by atoms with Crippen LogP contribution in [0.1, 0.15) is 45.6 Å². The first-order valence-electron chi connectivity index (χ1n) is 6.96. The standard InChI is InChI=1S/C16H26N2/c1-15(2,3)17-10-11-18-16(4)12-14(16)13-8-6-5-7-9-13/h5-9,14,17-18H,10-12H2,1-4H3. The molecule has 2 heteroatoms. The van der Waals surface area contributed by atoms with Crippen molar-refractivity contribution in [3.8, 4) is 0 Å². The molecule has 1 aliphatic rings. The number of hydrogen-bond acceptors (Lipinski definition) is 2. The van der Waals surface area contributed by atoms with Gasteiger partial charge in [-0.2, -0.15) is 0 Å². The second-order valence-corrected chi connectivity index (χ2v) is 6.69. The van der Waals surface area contributed by atoms with Gasteiger partial charge in [-0.25, -0.2) is 0 Å². The Labute approximate surface area is 111 Å². The van der Waals surface area contributed by atoms with Gasteiger partial charge in [0.25, 0.3) is 0 Å². The van der Waals surface area contributed by atoms with E-state index in [0.717, 1.165) is 13.1 Å². The molecule has 100 valence electrons. The van der Waals surface area contributed by atoms with Crippen LogP contribution in [0.5, 0.6) is 0 Å². The van der Waals surface area contributed by atoms with Crippen molar-refractivity contribution in [2.24, 2.45) is 0 Å². The van der Waals surface area contributed by atoms with Crippen molar-refractivity contribution in [1.29, 1.82) is 0 Å². The highest BCUT2D eigenvalue weighted by molar-refractivity contribution is 5.32. The normalized spacial score (nSPS) is 27.2. The molecule has 1 aromatic carbocycles. The molecule has 0 saturated heterocycles. The topological polar surface area (TPSA) is 24.1 Å². The third-order valence-electron chi connectivity index (χ3n) is 3.75. The molecule has 0 bridgehead atoms. The molecule has 2 rings (SSSR count). The zero-order chi connectivity index (χ0) is 13.2. The van der Waals surface area contributed by atoms with E-state index < -0.39 is 0 Å². The van der Waals surface area contributed by atoms with E-state index in [1.807, 2.05) is 0 Å². The fourth-order valence-corrected chi connectivity index (χ4v) is 2.52. The number of hydrogen-bond donors (Lipinski definition) is 2. The molecule has 1 fully saturated rings. The molecule has 2 unspecified atom stereocenters. The summed E-state index contributed by atoms with van der Waals surface area (Å²) in [5.41, 5.74) is 1.99. The fraction of sp³-hybridized carbons (Fsp3) is 0.625. The third-order valence-corrected chi connectivity index (χ3v) is 3.75. The Morgan fingerprint density at radius 3 is 2.44 bits per heavy atom. The van der Waals surface area contributed by atoms with Gasteiger partial charge < -0.3 is 10.6 Å². The zero-order valence-corrected chi connectivity index (χ0v) is 12.1. The second kappa shape index (κ2) is 5.02. The predicted molar refractivity (Wildman–Crippen MR) is 78.0 cm³/mol. The summed E-state index contributed by atoms with van der Waals surface area (Å²) in [6, 6.07) is 10.8. The van der Waals surface area contributed by atoms with Crippen LogP contribution in [0.25, 0.3) is 0 Å². The molecule has 18 heavy (non-hydrogen) atoms. The van der Waals surface area contributed by atoms with Crippen molar-refractivity contribution in [2.75, 3.05) is 13.1 Å². The van der Waals surface area contributed by atoms with Crippen LogP contribution in [0.3, 0.4) is 0 Å². The van der Waals surface area contributed by atoms with Crippen molar-refractivity contribution >= 4 is 0 Å². The summed E-state index contributed by atoms with van der Waals surface area (Å²) in [4.78, 5) is 0. The maximum atomic E-state index is 3.69. The largest absolute Gasteiger partial charge is 0.311 e. The summed E-state index contributed by atoms with van der Waals surface area (Å²) in [5, 5.41) is 7.21. The quantitative estimate of drug-likeness (QED) is 0.781. The SMILES string of the molecule is CC(C)(C)NCCNC1(C)CC1c1ccccc1. The molecule has 2 atom stereocenters. The lowest BCUT2D eigenvalue weighted by molar-refractivity contribution is 0.407. The average molecular weight is 246 g/mol. The van der Waals surface area contributed by atoms with E-state index in [0.29, 0.717) is 11.5 Å². The molecule has 1 saturated carbocycles. The van der Waals surface area contributed by atoms with Gasteiger partial charge in [0.05, 0.1) is 0 Å². The van der Waals surface area contributed by atoms with E-state index in [2.05, 4.69) is 68.7 Å². The van der Waals surface area contributed by atoms with Crippen molar-refractivity contribution in [2.45, 2.75) is 51.1 Å². The molecule has 0 spiro atoms. The minimum absolute atomic E-state index is 0.213. The Kier molecular flexibility index (Phi) is 3.79. The molecule has 1 aliphatic carbocycles. The minimum atomic E-state index is 0.213. The summed E-state index contributed by atoms with van der Waals surface area (Å²) < 4.78 is 0.